The molecular formula is C10H5F4NO. The quantitative estimate of drug-likeness (QED) is 0.550. The van der Waals surface area contributed by atoms with Crippen LogP contribution in [0.15, 0.2) is 12.1 Å². The summed E-state index contributed by atoms with van der Waals surface area (Å²) in [5, 5.41) is 8.45. The van der Waals surface area contributed by atoms with Crippen molar-refractivity contribution in [3.8, 4) is 6.07 Å². The van der Waals surface area contributed by atoms with Gasteiger partial charge in [0.05, 0.1) is 11.6 Å². The van der Waals surface area contributed by atoms with Crippen LogP contribution in [0.4, 0.5) is 17.6 Å². The van der Waals surface area contributed by atoms with Gasteiger partial charge in [-0.2, -0.15) is 18.4 Å². The Labute approximate surface area is 88.1 Å². The van der Waals surface area contributed by atoms with Gasteiger partial charge in [-0.15, -0.1) is 0 Å². The second-order valence-corrected chi connectivity index (χ2v) is 3.05. The molecule has 0 aliphatic rings. The number of rotatable bonds is 1. The molecule has 0 unspecified atom stereocenters. The van der Waals surface area contributed by atoms with Crippen LogP contribution in [0.5, 0.6) is 0 Å². The number of benzene rings is 1. The molecule has 2 nitrogen and oxygen atoms in total. The first-order valence-corrected chi connectivity index (χ1v) is 4.09. The van der Waals surface area contributed by atoms with Gasteiger partial charge in [0.2, 0.25) is 0 Å². The minimum atomic E-state index is -4.96. The smallest absolute Gasteiger partial charge is 0.294 e. The number of alkyl halides is 3. The molecule has 0 heterocycles. The van der Waals surface area contributed by atoms with Crippen molar-refractivity contribution in [1.29, 1.82) is 5.26 Å². The third-order valence-electron chi connectivity index (χ3n) is 1.88. The van der Waals surface area contributed by atoms with Crippen molar-refractivity contribution >= 4 is 5.78 Å². The monoisotopic (exact) mass is 231 g/mol. The fourth-order valence-corrected chi connectivity index (χ4v) is 1.24. The lowest BCUT2D eigenvalue weighted by Crippen LogP contribution is -2.15. The largest absolute Gasteiger partial charge is 0.419 e. The molecule has 1 rings (SSSR count). The maximum Gasteiger partial charge on any atom is 0.419 e. The Morgan fingerprint density at radius 3 is 2.31 bits per heavy atom. The molecule has 84 valence electrons. The Kier molecular flexibility index (Phi) is 2.99. The standard InChI is InChI=1S/C10H5F4NO/c1-5(16)7-2-6(4-15)3-8(11)9(7)10(12,13)14/h2-3H,1H3. The van der Waals surface area contributed by atoms with E-state index < -0.39 is 28.9 Å². The third kappa shape index (κ3) is 2.19. The van der Waals surface area contributed by atoms with Crippen LogP contribution >= 0.6 is 0 Å². The van der Waals surface area contributed by atoms with Crippen LogP contribution in [-0.4, -0.2) is 5.78 Å². The lowest BCUT2D eigenvalue weighted by atomic mass is 10.0. The van der Waals surface area contributed by atoms with Gasteiger partial charge in [0.15, 0.2) is 5.78 Å². The van der Waals surface area contributed by atoms with Gasteiger partial charge in [0.25, 0.3) is 0 Å². The van der Waals surface area contributed by atoms with E-state index in [1.165, 1.54) is 6.07 Å². The Morgan fingerprint density at radius 1 is 1.38 bits per heavy atom. The van der Waals surface area contributed by atoms with Gasteiger partial charge in [-0.05, 0) is 19.1 Å². The number of carbonyl (C=O) groups is 1. The summed E-state index contributed by atoms with van der Waals surface area (Å²) in [5.41, 5.74) is -2.78. The molecule has 1 aromatic carbocycles. The highest BCUT2D eigenvalue weighted by Gasteiger charge is 2.38. The van der Waals surface area contributed by atoms with Crippen molar-refractivity contribution in [2.45, 2.75) is 13.1 Å². The highest BCUT2D eigenvalue weighted by molar-refractivity contribution is 5.96. The number of nitrogens with zero attached hydrogens (tertiary/aromatic N) is 1. The zero-order valence-corrected chi connectivity index (χ0v) is 8.02. The molecule has 16 heavy (non-hydrogen) atoms. The zero-order valence-electron chi connectivity index (χ0n) is 8.02. The molecule has 0 fully saturated rings. The van der Waals surface area contributed by atoms with Crippen LogP contribution in [0.1, 0.15) is 28.4 Å². The topological polar surface area (TPSA) is 40.9 Å². The molecule has 6 heteroatoms. The number of ketones is 1. The average Bonchev–Trinajstić information content (AvgIpc) is 2.14. The highest BCUT2D eigenvalue weighted by atomic mass is 19.4. The van der Waals surface area contributed by atoms with E-state index in [1.54, 1.807) is 0 Å². The minimum Gasteiger partial charge on any atom is -0.294 e. The molecule has 0 aromatic heterocycles. The molecule has 0 saturated carbocycles. The lowest BCUT2D eigenvalue weighted by Gasteiger charge is -2.12. The van der Waals surface area contributed by atoms with Gasteiger partial charge in [-0.3, -0.25) is 4.79 Å². The van der Waals surface area contributed by atoms with Crippen LogP contribution in [0.25, 0.3) is 0 Å². The van der Waals surface area contributed by atoms with Crippen molar-refractivity contribution in [3.05, 3.63) is 34.6 Å². The summed E-state index contributed by atoms with van der Waals surface area (Å²) in [7, 11) is 0. The van der Waals surface area contributed by atoms with E-state index >= 15 is 0 Å². The van der Waals surface area contributed by atoms with Crippen molar-refractivity contribution in [2.75, 3.05) is 0 Å². The van der Waals surface area contributed by atoms with E-state index in [4.69, 9.17) is 5.26 Å². The van der Waals surface area contributed by atoms with Crippen LogP contribution < -0.4 is 0 Å². The summed E-state index contributed by atoms with van der Waals surface area (Å²) in [4.78, 5) is 11.0. The first-order chi connectivity index (χ1) is 7.27. The number of Topliss-reactive ketones (excluding diaryl/α,β-unsaturated/α-hetero) is 1. The number of carbonyl (C=O) groups excluding carboxylic acids is 1. The minimum absolute atomic E-state index is 0.323. The van der Waals surface area contributed by atoms with Gasteiger partial charge in [-0.25, -0.2) is 4.39 Å². The summed E-state index contributed by atoms with van der Waals surface area (Å²) in [6.07, 6.45) is -4.96. The maximum absolute atomic E-state index is 13.1. The third-order valence-corrected chi connectivity index (χ3v) is 1.88. The van der Waals surface area contributed by atoms with Gasteiger partial charge >= 0.3 is 6.18 Å². The molecule has 0 radical (unpaired) electrons. The fraction of sp³-hybridized carbons (Fsp3) is 0.200. The summed E-state index contributed by atoms with van der Waals surface area (Å²) in [6.45, 7) is 0.880. The highest BCUT2D eigenvalue weighted by Crippen LogP contribution is 2.34. The van der Waals surface area contributed by atoms with Crippen molar-refractivity contribution in [1.82, 2.24) is 0 Å². The van der Waals surface area contributed by atoms with Crippen LogP contribution in [0.3, 0.4) is 0 Å². The Balaban J connectivity index is 3.61. The van der Waals surface area contributed by atoms with Crippen LogP contribution in [-0.2, 0) is 6.18 Å². The SMILES string of the molecule is CC(=O)c1cc(C#N)cc(F)c1C(F)(F)F. The Hall–Kier alpha value is -1.90. The zero-order chi connectivity index (χ0) is 12.5. The maximum atomic E-state index is 13.1. The molecule has 0 saturated heterocycles. The molecule has 0 spiro atoms. The number of nitriles is 1. The van der Waals surface area contributed by atoms with Gasteiger partial charge < -0.3 is 0 Å². The second kappa shape index (κ2) is 3.93. The van der Waals surface area contributed by atoms with Crippen LogP contribution in [0.2, 0.25) is 0 Å². The first kappa shape index (κ1) is 12.2. The van der Waals surface area contributed by atoms with E-state index in [-0.39, 0.29) is 5.56 Å². The normalized spacial score (nSPS) is 11.0. The van der Waals surface area contributed by atoms with E-state index in [9.17, 15) is 22.4 Å². The molecule has 0 aliphatic heterocycles. The van der Waals surface area contributed by atoms with Gasteiger partial charge in [-0.1, -0.05) is 0 Å². The number of hydrogen-bond acceptors (Lipinski definition) is 2. The summed E-state index contributed by atoms with van der Waals surface area (Å²) >= 11 is 0. The van der Waals surface area contributed by atoms with Crippen molar-refractivity contribution in [2.24, 2.45) is 0 Å². The van der Waals surface area contributed by atoms with Crippen LogP contribution in [0, 0.1) is 17.1 Å². The molecule has 1 aromatic rings. The Bertz CT molecular complexity index is 485. The van der Waals surface area contributed by atoms with E-state index in [0.717, 1.165) is 13.0 Å². The molecule has 0 bridgehead atoms. The molecule has 0 N–H and O–H groups in total. The molecule has 0 atom stereocenters. The lowest BCUT2D eigenvalue weighted by molar-refractivity contribution is -0.140. The molecule has 0 aliphatic carbocycles. The summed E-state index contributed by atoms with van der Waals surface area (Å²) in [5.74, 6) is -2.56. The van der Waals surface area contributed by atoms with Crippen molar-refractivity contribution < 1.29 is 22.4 Å². The van der Waals surface area contributed by atoms with E-state index in [1.807, 2.05) is 0 Å². The Morgan fingerprint density at radius 2 is 1.94 bits per heavy atom. The van der Waals surface area contributed by atoms with E-state index in [0.29, 0.717) is 6.07 Å². The van der Waals surface area contributed by atoms with Gasteiger partial charge in [0, 0.05) is 5.56 Å². The predicted octanol–water partition coefficient (Wildman–Crippen LogP) is 2.92. The average molecular weight is 231 g/mol. The summed E-state index contributed by atoms with van der Waals surface area (Å²) in [6, 6.07) is 2.67. The van der Waals surface area contributed by atoms with Crippen molar-refractivity contribution in [3.63, 3.8) is 0 Å². The molecular weight excluding hydrogens is 226 g/mol. The predicted molar refractivity (Wildman–Crippen MR) is 46.1 cm³/mol. The van der Waals surface area contributed by atoms with Gasteiger partial charge in [0.1, 0.15) is 11.4 Å². The first-order valence-electron chi connectivity index (χ1n) is 4.09. The fourth-order valence-electron chi connectivity index (χ4n) is 1.24. The number of hydrogen-bond donors (Lipinski definition) is 0. The summed E-state index contributed by atoms with van der Waals surface area (Å²) < 4.78 is 50.4. The number of halogens is 4. The second-order valence-electron chi connectivity index (χ2n) is 3.05. The molecule has 0 amide bonds. The van der Waals surface area contributed by atoms with E-state index in [2.05, 4.69) is 0 Å².